The first kappa shape index (κ1) is 12.8. The van der Waals surface area contributed by atoms with E-state index in [1.54, 1.807) is 37.4 Å². The molecule has 1 aromatic carbocycles. The highest BCUT2D eigenvalue weighted by molar-refractivity contribution is 5.93. The maximum atomic E-state index is 11.8. The molecule has 2 aromatic rings. The van der Waals surface area contributed by atoms with E-state index >= 15 is 0 Å². The van der Waals surface area contributed by atoms with Crippen molar-refractivity contribution in [3.8, 4) is 0 Å². The number of aryl methyl sites for hydroxylation is 1. The third-order valence-corrected chi connectivity index (χ3v) is 2.53. The van der Waals surface area contributed by atoms with Crippen LogP contribution >= 0.6 is 0 Å². The fraction of sp³-hybridized carbons (Fsp3) is 0.154. The zero-order valence-electron chi connectivity index (χ0n) is 10.5. The fourth-order valence-electron chi connectivity index (χ4n) is 1.63. The Labute approximate surface area is 109 Å². The van der Waals surface area contributed by atoms with Crippen molar-refractivity contribution in [2.45, 2.75) is 13.5 Å². The van der Waals surface area contributed by atoms with Crippen molar-refractivity contribution < 1.29 is 4.79 Å². The standard InChI is InChI=1S/C13H14N4O2/c1-9-6-15-13(19)17(7-9)8-12(18)16-11-5-3-2-4-10(11)14/h2-7H,8,14H2,1H3,(H,16,18). The zero-order chi connectivity index (χ0) is 13.8. The van der Waals surface area contributed by atoms with Crippen LogP contribution in [0.1, 0.15) is 5.56 Å². The van der Waals surface area contributed by atoms with Gasteiger partial charge in [-0.05, 0) is 24.6 Å². The van der Waals surface area contributed by atoms with Gasteiger partial charge in [-0.15, -0.1) is 0 Å². The van der Waals surface area contributed by atoms with Crippen LogP contribution in [0, 0.1) is 6.92 Å². The average Bonchev–Trinajstić information content (AvgIpc) is 2.37. The minimum absolute atomic E-state index is 0.0954. The van der Waals surface area contributed by atoms with E-state index in [-0.39, 0.29) is 12.5 Å². The van der Waals surface area contributed by atoms with E-state index in [1.165, 1.54) is 10.8 Å². The minimum atomic E-state index is -0.457. The molecule has 0 spiro atoms. The van der Waals surface area contributed by atoms with Crippen molar-refractivity contribution in [1.29, 1.82) is 0 Å². The third kappa shape index (κ3) is 3.19. The van der Waals surface area contributed by atoms with Crippen LogP contribution in [0.2, 0.25) is 0 Å². The number of nitrogens with zero attached hydrogens (tertiary/aromatic N) is 2. The predicted octanol–water partition coefficient (Wildman–Crippen LogP) is 0.773. The van der Waals surface area contributed by atoms with Gasteiger partial charge in [0, 0.05) is 12.4 Å². The molecule has 0 aliphatic rings. The first-order valence-corrected chi connectivity index (χ1v) is 5.74. The largest absolute Gasteiger partial charge is 0.397 e. The summed E-state index contributed by atoms with van der Waals surface area (Å²) < 4.78 is 1.25. The fourth-order valence-corrected chi connectivity index (χ4v) is 1.63. The number of amides is 1. The van der Waals surface area contributed by atoms with Crippen molar-refractivity contribution in [3.63, 3.8) is 0 Å². The minimum Gasteiger partial charge on any atom is -0.397 e. The number of hydrogen-bond acceptors (Lipinski definition) is 4. The summed E-state index contributed by atoms with van der Waals surface area (Å²) in [5.74, 6) is -0.326. The van der Waals surface area contributed by atoms with Crippen molar-refractivity contribution in [2.24, 2.45) is 0 Å². The summed E-state index contributed by atoms with van der Waals surface area (Å²) in [4.78, 5) is 27.0. The van der Waals surface area contributed by atoms with Crippen molar-refractivity contribution >= 4 is 17.3 Å². The highest BCUT2D eigenvalue weighted by atomic mass is 16.2. The lowest BCUT2D eigenvalue weighted by Crippen LogP contribution is -2.29. The number of nitrogens with two attached hydrogens (primary N) is 1. The van der Waals surface area contributed by atoms with E-state index in [0.717, 1.165) is 5.56 Å². The summed E-state index contributed by atoms with van der Waals surface area (Å²) in [6.45, 7) is 1.71. The monoisotopic (exact) mass is 258 g/mol. The van der Waals surface area contributed by atoms with E-state index < -0.39 is 5.69 Å². The third-order valence-electron chi connectivity index (χ3n) is 2.53. The molecule has 0 unspecified atom stereocenters. The molecule has 0 saturated carbocycles. The topological polar surface area (TPSA) is 90.0 Å². The van der Waals surface area contributed by atoms with Gasteiger partial charge in [-0.25, -0.2) is 9.78 Å². The number of rotatable bonds is 3. The molecule has 0 atom stereocenters. The first-order chi connectivity index (χ1) is 9.06. The quantitative estimate of drug-likeness (QED) is 0.796. The van der Waals surface area contributed by atoms with Gasteiger partial charge in [-0.2, -0.15) is 0 Å². The lowest BCUT2D eigenvalue weighted by molar-refractivity contribution is -0.116. The molecule has 1 amide bonds. The average molecular weight is 258 g/mol. The molecular formula is C13H14N4O2. The molecule has 0 bridgehead atoms. The Kier molecular flexibility index (Phi) is 3.61. The number of nitrogen functional groups attached to an aromatic ring is 1. The molecule has 0 saturated heterocycles. The Morgan fingerprint density at radius 1 is 1.42 bits per heavy atom. The predicted molar refractivity (Wildman–Crippen MR) is 72.7 cm³/mol. The molecule has 3 N–H and O–H groups in total. The SMILES string of the molecule is Cc1cnc(=O)n(CC(=O)Nc2ccccc2N)c1. The lowest BCUT2D eigenvalue weighted by atomic mass is 10.2. The number of anilines is 2. The van der Waals surface area contributed by atoms with E-state index in [9.17, 15) is 9.59 Å². The van der Waals surface area contributed by atoms with Gasteiger partial charge in [0.05, 0.1) is 11.4 Å². The molecule has 6 heteroatoms. The van der Waals surface area contributed by atoms with Crippen molar-refractivity contribution in [3.05, 3.63) is 52.7 Å². The van der Waals surface area contributed by atoms with E-state index in [1.807, 2.05) is 0 Å². The van der Waals surface area contributed by atoms with Gasteiger partial charge in [0.2, 0.25) is 5.91 Å². The summed E-state index contributed by atoms with van der Waals surface area (Å²) in [5.41, 5.74) is 7.08. The summed E-state index contributed by atoms with van der Waals surface area (Å²) >= 11 is 0. The number of carbonyl (C=O) groups is 1. The normalized spacial score (nSPS) is 10.2. The van der Waals surface area contributed by atoms with Gasteiger partial charge < -0.3 is 11.1 Å². The molecule has 0 aliphatic heterocycles. The van der Waals surface area contributed by atoms with Gasteiger partial charge in [0.25, 0.3) is 0 Å². The van der Waals surface area contributed by atoms with Gasteiger partial charge >= 0.3 is 5.69 Å². The van der Waals surface area contributed by atoms with Crippen molar-refractivity contribution in [2.75, 3.05) is 11.1 Å². The Morgan fingerprint density at radius 3 is 2.89 bits per heavy atom. The van der Waals surface area contributed by atoms with Crippen LogP contribution in [0.4, 0.5) is 11.4 Å². The molecule has 0 radical (unpaired) electrons. The Bertz CT molecular complexity index is 664. The highest BCUT2D eigenvalue weighted by Gasteiger charge is 2.07. The van der Waals surface area contributed by atoms with Crippen LogP contribution in [0.25, 0.3) is 0 Å². The molecule has 0 fully saturated rings. The van der Waals surface area contributed by atoms with Crippen LogP contribution in [-0.2, 0) is 11.3 Å². The number of nitrogens with one attached hydrogen (secondary N) is 1. The molecule has 1 heterocycles. The molecule has 0 aliphatic carbocycles. The van der Waals surface area contributed by atoms with Crippen LogP contribution in [-0.4, -0.2) is 15.5 Å². The number of para-hydroxylation sites is 2. The van der Waals surface area contributed by atoms with Crippen LogP contribution in [0.5, 0.6) is 0 Å². The van der Waals surface area contributed by atoms with Crippen molar-refractivity contribution in [1.82, 2.24) is 9.55 Å². The zero-order valence-corrected chi connectivity index (χ0v) is 10.5. The van der Waals surface area contributed by atoms with E-state index in [2.05, 4.69) is 10.3 Å². The summed E-state index contributed by atoms with van der Waals surface area (Å²) in [6, 6.07) is 6.94. The number of benzene rings is 1. The Balaban J connectivity index is 2.12. The summed E-state index contributed by atoms with van der Waals surface area (Å²) in [7, 11) is 0. The van der Waals surface area contributed by atoms with E-state index in [0.29, 0.717) is 11.4 Å². The first-order valence-electron chi connectivity index (χ1n) is 5.74. The lowest BCUT2D eigenvalue weighted by Gasteiger charge is -2.09. The number of hydrogen-bond donors (Lipinski definition) is 2. The molecule has 98 valence electrons. The van der Waals surface area contributed by atoms with Gasteiger partial charge in [0.1, 0.15) is 6.54 Å². The van der Waals surface area contributed by atoms with E-state index in [4.69, 9.17) is 5.73 Å². The number of aromatic nitrogens is 2. The van der Waals surface area contributed by atoms with Crippen LogP contribution in [0.3, 0.4) is 0 Å². The molecule has 19 heavy (non-hydrogen) atoms. The number of carbonyl (C=O) groups excluding carboxylic acids is 1. The summed E-state index contributed by atoms with van der Waals surface area (Å²) in [5, 5.41) is 2.65. The smallest absolute Gasteiger partial charge is 0.347 e. The Morgan fingerprint density at radius 2 is 2.16 bits per heavy atom. The molecule has 6 nitrogen and oxygen atoms in total. The summed E-state index contributed by atoms with van der Waals surface area (Å²) in [6.07, 6.45) is 3.05. The second kappa shape index (κ2) is 5.34. The maximum absolute atomic E-state index is 11.8. The maximum Gasteiger partial charge on any atom is 0.347 e. The van der Waals surface area contributed by atoms with Gasteiger partial charge in [-0.3, -0.25) is 9.36 Å². The van der Waals surface area contributed by atoms with Crippen LogP contribution < -0.4 is 16.7 Å². The van der Waals surface area contributed by atoms with Gasteiger partial charge in [-0.1, -0.05) is 12.1 Å². The second-order valence-electron chi connectivity index (χ2n) is 4.18. The van der Waals surface area contributed by atoms with Crippen LogP contribution in [0.15, 0.2) is 41.5 Å². The Hall–Kier alpha value is -2.63. The molecular weight excluding hydrogens is 244 g/mol. The molecule has 1 aromatic heterocycles. The molecule has 2 rings (SSSR count). The van der Waals surface area contributed by atoms with Gasteiger partial charge in [0.15, 0.2) is 0 Å². The highest BCUT2D eigenvalue weighted by Crippen LogP contribution is 2.16. The second-order valence-corrected chi connectivity index (χ2v) is 4.18.